The van der Waals surface area contributed by atoms with Gasteiger partial charge in [0.2, 0.25) is 5.95 Å². The fourth-order valence-corrected chi connectivity index (χ4v) is 3.79. The minimum Gasteiger partial charge on any atom is -0.378 e. The first-order valence-corrected chi connectivity index (χ1v) is 9.28. The van der Waals surface area contributed by atoms with Gasteiger partial charge >= 0.3 is 0 Å². The summed E-state index contributed by atoms with van der Waals surface area (Å²) in [5.74, 6) is 2.09. The van der Waals surface area contributed by atoms with Gasteiger partial charge in [-0.05, 0) is 31.2 Å². The molecule has 124 valence electrons. The van der Waals surface area contributed by atoms with E-state index in [2.05, 4.69) is 29.9 Å². The molecule has 2 aromatic rings. The summed E-state index contributed by atoms with van der Waals surface area (Å²) < 4.78 is 7.80. The van der Waals surface area contributed by atoms with Gasteiger partial charge in [-0.2, -0.15) is 5.10 Å². The monoisotopic (exact) mass is 334 g/mol. The Hall–Kier alpha value is -1.54. The van der Waals surface area contributed by atoms with Crippen LogP contribution in [0.3, 0.4) is 0 Å². The lowest BCUT2D eigenvalue weighted by Crippen LogP contribution is -2.38. The van der Waals surface area contributed by atoms with Gasteiger partial charge in [0, 0.05) is 31.1 Å². The molecule has 1 saturated carbocycles. The van der Waals surface area contributed by atoms with Crippen LogP contribution in [-0.2, 0) is 11.2 Å². The maximum Gasteiger partial charge on any atom is 0.228 e. The van der Waals surface area contributed by atoms with E-state index in [0.717, 1.165) is 56.0 Å². The van der Waals surface area contributed by atoms with E-state index in [1.807, 2.05) is 24.2 Å². The van der Waals surface area contributed by atoms with Crippen LogP contribution in [0.1, 0.15) is 30.9 Å². The van der Waals surface area contributed by atoms with Crippen LogP contribution in [0, 0.1) is 0 Å². The second-order valence-corrected chi connectivity index (χ2v) is 7.10. The molecule has 2 aliphatic rings. The average molecular weight is 334 g/mol. The molecular weight excluding hydrogens is 312 g/mol. The Morgan fingerprint density at radius 3 is 2.87 bits per heavy atom. The summed E-state index contributed by atoms with van der Waals surface area (Å²) in [6, 6.07) is 0.596. The minimum absolute atomic E-state index is 0.596. The summed E-state index contributed by atoms with van der Waals surface area (Å²) in [7, 11) is 0. The Kier molecular flexibility index (Phi) is 4.52. The third kappa shape index (κ3) is 3.53. The first kappa shape index (κ1) is 15.0. The molecule has 0 spiro atoms. The smallest absolute Gasteiger partial charge is 0.228 e. The van der Waals surface area contributed by atoms with Crippen LogP contribution in [0.5, 0.6) is 0 Å². The topological polar surface area (TPSA) is 71.9 Å². The van der Waals surface area contributed by atoms with Gasteiger partial charge in [0.25, 0.3) is 0 Å². The standard InChI is InChI=1S/C15H22N6OS/c1(2-12-10-16-17-11-12)9-23-15-19-18-14(21(15)13-3-4-13)20-5-7-22-8-6-20/h10-11,13H,1-9H2,(H,16,17). The van der Waals surface area contributed by atoms with Crippen molar-refractivity contribution >= 4 is 17.7 Å². The first-order chi connectivity index (χ1) is 11.4. The first-order valence-electron chi connectivity index (χ1n) is 8.30. The van der Waals surface area contributed by atoms with Crippen LogP contribution in [-0.4, -0.2) is 57.0 Å². The van der Waals surface area contributed by atoms with E-state index in [0.29, 0.717) is 6.04 Å². The van der Waals surface area contributed by atoms with Gasteiger partial charge in [-0.3, -0.25) is 9.67 Å². The lowest BCUT2D eigenvalue weighted by molar-refractivity contribution is 0.121. The van der Waals surface area contributed by atoms with Crippen molar-refractivity contribution in [2.75, 3.05) is 37.0 Å². The van der Waals surface area contributed by atoms with E-state index in [-0.39, 0.29) is 0 Å². The van der Waals surface area contributed by atoms with Crippen LogP contribution < -0.4 is 4.90 Å². The number of aromatic nitrogens is 5. The Morgan fingerprint density at radius 2 is 2.13 bits per heavy atom. The zero-order valence-electron chi connectivity index (χ0n) is 13.1. The predicted molar refractivity (Wildman–Crippen MR) is 89.0 cm³/mol. The second-order valence-electron chi connectivity index (χ2n) is 6.04. The number of hydrogen-bond acceptors (Lipinski definition) is 6. The van der Waals surface area contributed by atoms with Crippen LogP contribution >= 0.6 is 11.8 Å². The molecule has 2 fully saturated rings. The quantitative estimate of drug-likeness (QED) is 0.616. The summed E-state index contributed by atoms with van der Waals surface area (Å²) in [4.78, 5) is 2.31. The fourth-order valence-electron chi connectivity index (χ4n) is 2.85. The molecule has 1 N–H and O–H groups in total. The Labute approximate surface area is 139 Å². The lowest BCUT2D eigenvalue weighted by Gasteiger charge is -2.27. The van der Waals surface area contributed by atoms with Crippen LogP contribution in [0.2, 0.25) is 0 Å². The van der Waals surface area contributed by atoms with Gasteiger partial charge in [0.05, 0.1) is 19.4 Å². The average Bonchev–Trinajstić information content (AvgIpc) is 3.13. The van der Waals surface area contributed by atoms with Crippen molar-refractivity contribution in [2.45, 2.75) is 36.9 Å². The molecule has 0 radical (unpaired) electrons. The summed E-state index contributed by atoms with van der Waals surface area (Å²) in [5, 5.41) is 16.9. The number of rotatable bonds is 7. The van der Waals surface area contributed by atoms with E-state index < -0.39 is 0 Å². The molecule has 3 heterocycles. The number of nitrogens with zero attached hydrogens (tertiary/aromatic N) is 5. The number of aromatic amines is 1. The van der Waals surface area contributed by atoms with Gasteiger partial charge in [-0.25, -0.2) is 0 Å². The Morgan fingerprint density at radius 1 is 1.26 bits per heavy atom. The highest BCUT2D eigenvalue weighted by Gasteiger charge is 2.31. The number of aryl methyl sites for hydroxylation is 1. The highest BCUT2D eigenvalue weighted by Crippen LogP contribution is 2.41. The van der Waals surface area contributed by atoms with E-state index in [1.54, 1.807) is 0 Å². The molecule has 0 amide bonds. The normalized spacial score (nSPS) is 18.5. The third-order valence-corrected chi connectivity index (χ3v) is 5.28. The number of nitrogens with one attached hydrogen (secondary N) is 1. The van der Waals surface area contributed by atoms with Crippen molar-refractivity contribution in [1.82, 2.24) is 25.0 Å². The molecule has 1 saturated heterocycles. The molecule has 0 bridgehead atoms. The molecule has 4 rings (SSSR count). The molecule has 23 heavy (non-hydrogen) atoms. The van der Waals surface area contributed by atoms with Gasteiger partial charge in [-0.15, -0.1) is 10.2 Å². The fraction of sp³-hybridized carbons (Fsp3) is 0.667. The van der Waals surface area contributed by atoms with E-state index in [1.165, 1.54) is 18.4 Å². The van der Waals surface area contributed by atoms with E-state index in [4.69, 9.17) is 4.74 Å². The van der Waals surface area contributed by atoms with Crippen LogP contribution in [0.4, 0.5) is 5.95 Å². The molecule has 0 unspecified atom stereocenters. The number of thioether (sulfide) groups is 1. The van der Waals surface area contributed by atoms with Crippen molar-refractivity contribution in [1.29, 1.82) is 0 Å². The van der Waals surface area contributed by atoms with Crippen LogP contribution in [0.15, 0.2) is 17.6 Å². The predicted octanol–water partition coefficient (Wildman–Crippen LogP) is 1.90. The van der Waals surface area contributed by atoms with E-state index >= 15 is 0 Å². The number of anilines is 1. The number of H-pyrrole nitrogens is 1. The van der Waals surface area contributed by atoms with E-state index in [9.17, 15) is 0 Å². The maximum atomic E-state index is 5.45. The molecule has 1 aliphatic heterocycles. The van der Waals surface area contributed by atoms with Crippen LogP contribution in [0.25, 0.3) is 0 Å². The van der Waals surface area contributed by atoms with Crippen molar-refractivity contribution in [3.63, 3.8) is 0 Å². The highest BCUT2D eigenvalue weighted by molar-refractivity contribution is 7.99. The van der Waals surface area contributed by atoms with Gasteiger partial charge in [0.1, 0.15) is 0 Å². The molecule has 2 aromatic heterocycles. The molecule has 1 aliphatic carbocycles. The zero-order chi connectivity index (χ0) is 15.5. The van der Waals surface area contributed by atoms with Gasteiger partial charge < -0.3 is 9.64 Å². The van der Waals surface area contributed by atoms with Crippen molar-refractivity contribution in [3.05, 3.63) is 18.0 Å². The minimum atomic E-state index is 0.596. The summed E-state index contributed by atoms with van der Waals surface area (Å²) in [6.07, 6.45) is 8.53. The lowest BCUT2D eigenvalue weighted by atomic mass is 10.2. The SMILES string of the molecule is c1n[nH]cc1CCCSc1nnc(N2CCOCC2)n1C1CC1. The van der Waals surface area contributed by atoms with Crippen molar-refractivity contribution < 1.29 is 4.74 Å². The van der Waals surface area contributed by atoms with Crippen molar-refractivity contribution in [2.24, 2.45) is 0 Å². The molecule has 0 aromatic carbocycles. The largest absolute Gasteiger partial charge is 0.378 e. The third-order valence-electron chi connectivity index (χ3n) is 4.25. The number of hydrogen-bond donors (Lipinski definition) is 1. The zero-order valence-corrected chi connectivity index (χ0v) is 14.0. The summed E-state index contributed by atoms with van der Waals surface area (Å²) in [6.45, 7) is 3.39. The highest BCUT2D eigenvalue weighted by atomic mass is 32.2. The van der Waals surface area contributed by atoms with Gasteiger partial charge in [0.15, 0.2) is 5.16 Å². The Balaban J connectivity index is 1.38. The van der Waals surface area contributed by atoms with Gasteiger partial charge in [-0.1, -0.05) is 11.8 Å². The molecule has 8 heteroatoms. The maximum absolute atomic E-state index is 5.45. The van der Waals surface area contributed by atoms with Crippen molar-refractivity contribution in [3.8, 4) is 0 Å². The molecular formula is C15H22N6OS. The second kappa shape index (κ2) is 6.92. The number of ether oxygens (including phenoxy) is 1. The summed E-state index contributed by atoms with van der Waals surface area (Å²) >= 11 is 1.82. The molecule has 0 atom stereocenters. The summed E-state index contributed by atoms with van der Waals surface area (Å²) in [5.41, 5.74) is 1.27. The number of morpholine rings is 1. The Bertz CT molecular complexity index is 618. The molecule has 7 nitrogen and oxygen atoms in total.